The molecule has 3 aliphatic rings. The summed E-state index contributed by atoms with van der Waals surface area (Å²) < 4.78 is 1.59. The average molecular weight is 299 g/mol. The zero-order chi connectivity index (χ0) is 15.3. The summed E-state index contributed by atoms with van der Waals surface area (Å²) in [6, 6.07) is 1.73. The fraction of sp³-hybridized carbons (Fsp3) is 0.600. The number of nitrogens with one attached hydrogen (secondary N) is 1. The molecule has 0 unspecified atom stereocenters. The van der Waals surface area contributed by atoms with E-state index in [9.17, 15) is 9.59 Å². The lowest BCUT2D eigenvalue weighted by Crippen LogP contribution is -2.51. The number of aromatic nitrogens is 2. The molecule has 0 spiro atoms. The van der Waals surface area contributed by atoms with E-state index in [1.807, 2.05) is 6.07 Å². The van der Waals surface area contributed by atoms with Gasteiger partial charge >= 0.3 is 6.03 Å². The first-order valence-corrected chi connectivity index (χ1v) is 7.72. The lowest BCUT2D eigenvalue weighted by molar-refractivity contribution is -0.133. The molecule has 2 heterocycles. The first kappa shape index (κ1) is 13.3. The van der Waals surface area contributed by atoms with Crippen LogP contribution in [-0.4, -0.2) is 38.7 Å². The second-order valence-corrected chi connectivity index (χ2v) is 6.41. The number of hydrogen-bond acceptors (Lipinski definition) is 4. The maximum atomic E-state index is 12.8. The molecule has 1 N–H and O–H groups in total. The molecule has 7 heteroatoms. The van der Waals surface area contributed by atoms with Crippen molar-refractivity contribution >= 4 is 11.9 Å². The van der Waals surface area contributed by atoms with Crippen LogP contribution >= 0.6 is 0 Å². The smallest absolute Gasteiger partial charge is 0.323 e. The molecule has 0 atom stereocenters. The molecule has 1 saturated heterocycles. The van der Waals surface area contributed by atoms with Crippen LogP contribution in [-0.2, 0) is 11.3 Å². The van der Waals surface area contributed by atoms with Gasteiger partial charge in [0.25, 0.3) is 5.91 Å². The number of carbonyl (C=O) groups excluding carboxylic acids is 2. The number of hydrogen-bond donors (Lipinski definition) is 1. The van der Waals surface area contributed by atoms with Crippen LogP contribution in [0.3, 0.4) is 0 Å². The Kier molecular flexibility index (Phi) is 2.76. The van der Waals surface area contributed by atoms with Crippen molar-refractivity contribution in [2.24, 2.45) is 11.8 Å². The number of rotatable bonds is 5. The van der Waals surface area contributed by atoms with E-state index in [0.717, 1.165) is 25.7 Å². The zero-order valence-corrected chi connectivity index (χ0v) is 12.2. The molecular weight excluding hydrogens is 282 g/mol. The van der Waals surface area contributed by atoms with Gasteiger partial charge < -0.3 is 5.32 Å². The SMILES string of the molecule is N#Cc1cnn(CCN2C(=O)NC(C3CC3)(C3CC3)C2=O)c1. The molecule has 1 aromatic heterocycles. The van der Waals surface area contributed by atoms with Gasteiger partial charge in [0.15, 0.2) is 0 Å². The van der Waals surface area contributed by atoms with Crippen molar-refractivity contribution in [3.63, 3.8) is 0 Å². The molecular formula is C15H17N5O2. The van der Waals surface area contributed by atoms with Gasteiger partial charge in [-0.15, -0.1) is 0 Å². The number of nitrogens with zero attached hydrogens (tertiary/aromatic N) is 4. The topological polar surface area (TPSA) is 91.0 Å². The second kappa shape index (κ2) is 4.57. The van der Waals surface area contributed by atoms with E-state index in [1.165, 1.54) is 11.1 Å². The van der Waals surface area contributed by atoms with Crippen LogP contribution in [0.5, 0.6) is 0 Å². The van der Waals surface area contributed by atoms with Crippen molar-refractivity contribution in [2.45, 2.75) is 37.8 Å². The van der Waals surface area contributed by atoms with E-state index >= 15 is 0 Å². The summed E-state index contributed by atoms with van der Waals surface area (Å²) in [5, 5.41) is 15.8. The van der Waals surface area contributed by atoms with Gasteiger partial charge in [0.2, 0.25) is 0 Å². The van der Waals surface area contributed by atoms with Crippen molar-refractivity contribution in [3.05, 3.63) is 18.0 Å². The standard InChI is InChI=1S/C15H17N5O2/c16-7-10-8-17-19(9-10)5-6-20-13(21)15(11-1-2-11,12-3-4-12)18-14(20)22/h8-9,11-12H,1-6H2,(H,18,22). The Morgan fingerprint density at radius 2 is 1.95 bits per heavy atom. The van der Waals surface area contributed by atoms with Crippen molar-refractivity contribution in [1.82, 2.24) is 20.0 Å². The van der Waals surface area contributed by atoms with Gasteiger partial charge in [0.05, 0.1) is 24.8 Å². The minimum Gasteiger partial charge on any atom is -0.323 e. The Hall–Kier alpha value is -2.36. The Labute approximate surface area is 127 Å². The lowest BCUT2D eigenvalue weighted by Gasteiger charge is -2.26. The van der Waals surface area contributed by atoms with Crippen LogP contribution < -0.4 is 5.32 Å². The first-order chi connectivity index (χ1) is 10.6. The lowest BCUT2D eigenvalue weighted by atomic mass is 9.87. The Bertz CT molecular complexity index is 668. The van der Waals surface area contributed by atoms with E-state index in [1.54, 1.807) is 10.9 Å². The normalized spacial score (nSPS) is 23.5. The van der Waals surface area contributed by atoms with Crippen molar-refractivity contribution in [3.8, 4) is 6.07 Å². The van der Waals surface area contributed by atoms with Crippen molar-refractivity contribution in [1.29, 1.82) is 5.26 Å². The summed E-state index contributed by atoms with van der Waals surface area (Å²) in [5.41, 5.74) is -0.151. The largest absolute Gasteiger partial charge is 0.325 e. The third kappa shape index (κ3) is 1.90. The van der Waals surface area contributed by atoms with Gasteiger partial charge in [-0.25, -0.2) is 4.79 Å². The van der Waals surface area contributed by atoms with Gasteiger partial charge in [-0.2, -0.15) is 10.4 Å². The van der Waals surface area contributed by atoms with E-state index in [0.29, 0.717) is 30.5 Å². The molecule has 0 aromatic carbocycles. The number of amides is 3. The van der Waals surface area contributed by atoms with Crippen molar-refractivity contribution < 1.29 is 9.59 Å². The molecule has 22 heavy (non-hydrogen) atoms. The van der Waals surface area contributed by atoms with Gasteiger partial charge in [0, 0.05) is 6.20 Å². The Morgan fingerprint density at radius 1 is 1.27 bits per heavy atom. The molecule has 2 saturated carbocycles. The summed E-state index contributed by atoms with van der Waals surface area (Å²) in [7, 11) is 0. The van der Waals surface area contributed by atoms with Gasteiger partial charge in [-0.3, -0.25) is 14.4 Å². The summed E-state index contributed by atoms with van der Waals surface area (Å²) in [6.45, 7) is 0.699. The molecule has 7 nitrogen and oxygen atoms in total. The summed E-state index contributed by atoms with van der Waals surface area (Å²) in [4.78, 5) is 26.4. The van der Waals surface area contributed by atoms with E-state index < -0.39 is 5.54 Å². The van der Waals surface area contributed by atoms with E-state index in [2.05, 4.69) is 10.4 Å². The summed E-state index contributed by atoms with van der Waals surface area (Å²) in [6.07, 6.45) is 7.21. The number of imide groups is 1. The maximum absolute atomic E-state index is 12.8. The highest BCUT2D eigenvalue weighted by Gasteiger charge is 2.65. The molecule has 1 aromatic rings. The van der Waals surface area contributed by atoms with Gasteiger partial charge in [0.1, 0.15) is 11.6 Å². The molecule has 1 aliphatic heterocycles. The monoisotopic (exact) mass is 299 g/mol. The molecule has 0 bridgehead atoms. The first-order valence-electron chi connectivity index (χ1n) is 7.72. The minimum atomic E-state index is -0.626. The predicted molar refractivity (Wildman–Crippen MR) is 75.4 cm³/mol. The summed E-state index contributed by atoms with van der Waals surface area (Å²) in [5.74, 6) is 0.572. The predicted octanol–water partition coefficient (Wildman–Crippen LogP) is 0.865. The molecule has 2 aliphatic carbocycles. The zero-order valence-electron chi connectivity index (χ0n) is 12.2. The Morgan fingerprint density at radius 3 is 2.50 bits per heavy atom. The van der Waals surface area contributed by atoms with E-state index in [4.69, 9.17) is 5.26 Å². The molecule has 3 fully saturated rings. The quantitative estimate of drug-likeness (QED) is 0.817. The van der Waals surface area contributed by atoms with E-state index in [-0.39, 0.29) is 11.9 Å². The van der Waals surface area contributed by atoms with Crippen LogP contribution in [0.1, 0.15) is 31.2 Å². The van der Waals surface area contributed by atoms with Crippen molar-refractivity contribution in [2.75, 3.05) is 6.54 Å². The molecule has 4 rings (SSSR count). The number of carbonyl (C=O) groups is 2. The van der Waals surface area contributed by atoms with Gasteiger partial charge in [-0.1, -0.05) is 0 Å². The second-order valence-electron chi connectivity index (χ2n) is 6.41. The highest BCUT2D eigenvalue weighted by atomic mass is 16.2. The van der Waals surface area contributed by atoms with Crippen LogP contribution in [0.4, 0.5) is 4.79 Å². The maximum Gasteiger partial charge on any atom is 0.325 e. The van der Waals surface area contributed by atoms with Crippen LogP contribution in [0.25, 0.3) is 0 Å². The third-order valence-electron chi connectivity index (χ3n) is 4.92. The van der Waals surface area contributed by atoms with Crippen LogP contribution in [0, 0.1) is 23.2 Å². The fourth-order valence-corrected chi connectivity index (χ4v) is 3.53. The summed E-state index contributed by atoms with van der Waals surface area (Å²) >= 11 is 0. The van der Waals surface area contributed by atoms with Crippen LogP contribution in [0.2, 0.25) is 0 Å². The minimum absolute atomic E-state index is 0.0600. The number of urea groups is 1. The van der Waals surface area contributed by atoms with Gasteiger partial charge in [-0.05, 0) is 37.5 Å². The molecule has 0 radical (unpaired) electrons. The molecule has 3 amide bonds. The third-order valence-corrected chi connectivity index (χ3v) is 4.92. The number of nitriles is 1. The highest BCUT2D eigenvalue weighted by molar-refractivity contribution is 6.07. The van der Waals surface area contributed by atoms with Crippen LogP contribution in [0.15, 0.2) is 12.4 Å². The molecule has 114 valence electrons. The average Bonchev–Trinajstić information content (AvgIpc) is 3.42. The highest BCUT2D eigenvalue weighted by Crippen LogP contribution is 2.54. The fourth-order valence-electron chi connectivity index (χ4n) is 3.53. The Balaban J connectivity index is 1.49.